The van der Waals surface area contributed by atoms with Crippen molar-refractivity contribution < 1.29 is 10.2 Å². The molecule has 0 amide bonds. The largest absolute Gasteiger partial charge is 0.508 e. The third-order valence-electron chi connectivity index (χ3n) is 3.31. The predicted octanol–water partition coefficient (Wildman–Crippen LogP) is 0.639. The molecule has 1 heterocycles. The Kier molecular flexibility index (Phi) is 3.99. The molecule has 4 nitrogen and oxygen atoms in total. The van der Waals surface area contributed by atoms with Crippen molar-refractivity contribution in [1.29, 1.82) is 0 Å². The number of aliphatic hydroxyl groups excluding tert-OH is 1. The Hall–Kier alpha value is -1.10. The molecule has 1 saturated heterocycles. The van der Waals surface area contributed by atoms with Gasteiger partial charge in [0.05, 0.1) is 12.6 Å². The van der Waals surface area contributed by atoms with Gasteiger partial charge in [0.2, 0.25) is 0 Å². The molecular weight excluding hydrogens is 216 g/mol. The van der Waals surface area contributed by atoms with Crippen LogP contribution < -0.4 is 5.32 Å². The van der Waals surface area contributed by atoms with Gasteiger partial charge < -0.3 is 15.5 Å². The van der Waals surface area contributed by atoms with Crippen LogP contribution in [0.2, 0.25) is 0 Å². The molecular formula is C13H20N2O2. The summed E-state index contributed by atoms with van der Waals surface area (Å²) in [6.45, 7) is 5.65. The fraction of sp³-hybridized carbons (Fsp3) is 0.538. The normalized spacial score (nSPS) is 19.2. The number of rotatable bonds is 3. The number of benzene rings is 1. The van der Waals surface area contributed by atoms with Crippen molar-refractivity contribution in [3.8, 4) is 5.75 Å². The van der Waals surface area contributed by atoms with Crippen molar-refractivity contribution in [2.24, 2.45) is 0 Å². The van der Waals surface area contributed by atoms with Crippen molar-refractivity contribution >= 4 is 0 Å². The maximum atomic E-state index is 9.97. The molecule has 0 aromatic heterocycles. The fourth-order valence-corrected chi connectivity index (χ4v) is 2.34. The van der Waals surface area contributed by atoms with Gasteiger partial charge in [-0.1, -0.05) is 12.1 Å². The quantitative estimate of drug-likeness (QED) is 0.721. The molecule has 1 aromatic carbocycles. The summed E-state index contributed by atoms with van der Waals surface area (Å²) in [7, 11) is 0. The number of hydrogen-bond donors (Lipinski definition) is 3. The minimum atomic E-state index is -0.0994. The number of aromatic hydroxyl groups is 1. The molecule has 1 fully saturated rings. The Labute approximate surface area is 102 Å². The molecule has 3 N–H and O–H groups in total. The first-order valence-electron chi connectivity index (χ1n) is 6.07. The van der Waals surface area contributed by atoms with E-state index < -0.39 is 0 Å². The van der Waals surface area contributed by atoms with Crippen LogP contribution in [0.4, 0.5) is 0 Å². The Morgan fingerprint density at radius 1 is 1.35 bits per heavy atom. The highest BCUT2D eigenvalue weighted by molar-refractivity contribution is 5.38. The molecule has 2 rings (SSSR count). The number of nitrogens with zero attached hydrogens (tertiary/aromatic N) is 1. The lowest BCUT2D eigenvalue weighted by Crippen LogP contribution is -2.46. The van der Waals surface area contributed by atoms with Crippen LogP contribution in [0.5, 0.6) is 5.75 Å². The van der Waals surface area contributed by atoms with Crippen molar-refractivity contribution in [3.63, 3.8) is 0 Å². The molecule has 0 aliphatic carbocycles. The van der Waals surface area contributed by atoms with E-state index in [1.165, 1.54) is 0 Å². The lowest BCUT2D eigenvalue weighted by Gasteiger charge is -2.34. The first kappa shape index (κ1) is 12.4. The van der Waals surface area contributed by atoms with Crippen LogP contribution in [0.3, 0.4) is 0 Å². The molecule has 0 saturated carbocycles. The van der Waals surface area contributed by atoms with Gasteiger partial charge >= 0.3 is 0 Å². The van der Waals surface area contributed by atoms with Gasteiger partial charge in [-0.2, -0.15) is 0 Å². The SMILES string of the molecule is Cc1ccc([C@@H](CO)N2CCNCC2)c(O)c1. The Morgan fingerprint density at radius 3 is 2.65 bits per heavy atom. The lowest BCUT2D eigenvalue weighted by atomic mass is 10.0. The van der Waals surface area contributed by atoms with Crippen LogP contribution >= 0.6 is 0 Å². The second kappa shape index (κ2) is 5.49. The highest BCUT2D eigenvalue weighted by Gasteiger charge is 2.23. The number of piperazine rings is 1. The van der Waals surface area contributed by atoms with Gasteiger partial charge in [-0.15, -0.1) is 0 Å². The highest BCUT2D eigenvalue weighted by atomic mass is 16.3. The van der Waals surface area contributed by atoms with Crippen molar-refractivity contribution in [3.05, 3.63) is 29.3 Å². The van der Waals surface area contributed by atoms with E-state index in [1.54, 1.807) is 6.07 Å². The van der Waals surface area contributed by atoms with Gasteiger partial charge in [-0.3, -0.25) is 4.90 Å². The van der Waals surface area contributed by atoms with Gasteiger partial charge in [-0.05, 0) is 18.6 Å². The summed E-state index contributed by atoms with van der Waals surface area (Å²) in [5.41, 5.74) is 1.85. The maximum Gasteiger partial charge on any atom is 0.120 e. The highest BCUT2D eigenvalue weighted by Crippen LogP contribution is 2.29. The van der Waals surface area contributed by atoms with E-state index in [0.29, 0.717) is 0 Å². The zero-order chi connectivity index (χ0) is 12.3. The zero-order valence-corrected chi connectivity index (χ0v) is 10.2. The Balaban J connectivity index is 2.21. The number of phenolic OH excluding ortho intramolecular Hbond substituents is 1. The first-order chi connectivity index (χ1) is 8.22. The summed E-state index contributed by atoms with van der Waals surface area (Å²) in [5, 5.41) is 22.8. The molecule has 4 heteroatoms. The third-order valence-corrected chi connectivity index (χ3v) is 3.31. The maximum absolute atomic E-state index is 9.97. The van der Waals surface area contributed by atoms with E-state index in [-0.39, 0.29) is 18.4 Å². The molecule has 94 valence electrons. The summed E-state index contributed by atoms with van der Waals surface area (Å²) >= 11 is 0. The topological polar surface area (TPSA) is 55.7 Å². The number of nitrogens with one attached hydrogen (secondary N) is 1. The second-order valence-corrected chi connectivity index (χ2v) is 4.55. The predicted molar refractivity (Wildman–Crippen MR) is 67.1 cm³/mol. The van der Waals surface area contributed by atoms with Crippen molar-refractivity contribution in [2.75, 3.05) is 32.8 Å². The fourth-order valence-electron chi connectivity index (χ4n) is 2.34. The second-order valence-electron chi connectivity index (χ2n) is 4.55. The van der Waals surface area contributed by atoms with Crippen molar-refractivity contribution in [2.45, 2.75) is 13.0 Å². The van der Waals surface area contributed by atoms with Gasteiger partial charge in [-0.25, -0.2) is 0 Å². The lowest BCUT2D eigenvalue weighted by molar-refractivity contribution is 0.109. The van der Waals surface area contributed by atoms with Crippen molar-refractivity contribution in [1.82, 2.24) is 10.2 Å². The van der Waals surface area contributed by atoms with Gasteiger partial charge in [0.25, 0.3) is 0 Å². The minimum Gasteiger partial charge on any atom is -0.508 e. The average molecular weight is 236 g/mol. The molecule has 1 aliphatic heterocycles. The summed E-state index contributed by atoms with van der Waals surface area (Å²) in [6.07, 6.45) is 0. The molecule has 1 atom stereocenters. The zero-order valence-electron chi connectivity index (χ0n) is 10.2. The summed E-state index contributed by atoms with van der Waals surface area (Å²) in [6, 6.07) is 5.53. The van der Waals surface area contributed by atoms with Crippen LogP contribution in [0, 0.1) is 6.92 Å². The van der Waals surface area contributed by atoms with Gasteiger partial charge in [0.15, 0.2) is 0 Å². The molecule has 0 unspecified atom stereocenters. The Morgan fingerprint density at radius 2 is 2.06 bits per heavy atom. The van der Waals surface area contributed by atoms with E-state index in [9.17, 15) is 10.2 Å². The summed E-state index contributed by atoms with van der Waals surface area (Å²) in [5.74, 6) is 0.280. The summed E-state index contributed by atoms with van der Waals surface area (Å²) in [4.78, 5) is 2.21. The van der Waals surface area contributed by atoms with Crippen LogP contribution in [-0.2, 0) is 0 Å². The average Bonchev–Trinajstić information content (AvgIpc) is 2.34. The van der Waals surface area contributed by atoms with Crippen LogP contribution in [0.25, 0.3) is 0 Å². The third kappa shape index (κ3) is 2.77. The summed E-state index contributed by atoms with van der Waals surface area (Å²) < 4.78 is 0. The van der Waals surface area contributed by atoms with E-state index in [0.717, 1.165) is 37.3 Å². The van der Waals surface area contributed by atoms with E-state index >= 15 is 0 Å². The monoisotopic (exact) mass is 236 g/mol. The first-order valence-corrected chi connectivity index (χ1v) is 6.07. The standard InChI is InChI=1S/C13H20N2O2/c1-10-2-3-11(13(17)8-10)12(9-16)15-6-4-14-5-7-15/h2-3,8,12,14,16-17H,4-7,9H2,1H3/t12-/m1/s1. The van der Waals surface area contributed by atoms with Gasteiger partial charge in [0, 0.05) is 31.7 Å². The minimum absolute atomic E-state index is 0.0383. The number of hydrogen-bond acceptors (Lipinski definition) is 4. The molecule has 0 spiro atoms. The molecule has 1 aromatic rings. The Bertz CT molecular complexity index is 376. The van der Waals surface area contributed by atoms with Gasteiger partial charge in [0.1, 0.15) is 5.75 Å². The molecule has 0 radical (unpaired) electrons. The van der Waals surface area contributed by atoms with Crippen LogP contribution in [0.1, 0.15) is 17.2 Å². The number of aliphatic hydroxyl groups is 1. The van der Waals surface area contributed by atoms with E-state index in [1.807, 2.05) is 19.1 Å². The molecule has 1 aliphatic rings. The molecule has 17 heavy (non-hydrogen) atoms. The molecule has 0 bridgehead atoms. The van der Waals surface area contributed by atoms with Crippen LogP contribution in [-0.4, -0.2) is 47.9 Å². The number of aryl methyl sites for hydroxylation is 1. The van der Waals surface area contributed by atoms with E-state index in [4.69, 9.17) is 0 Å². The van der Waals surface area contributed by atoms with Crippen LogP contribution in [0.15, 0.2) is 18.2 Å². The van der Waals surface area contributed by atoms with E-state index in [2.05, 4.69) is 10.2 Å². The number of phenols is 1. The smallest absolute Gasteiger partial charge is 0.120 e.